The van der Waals surface area contributed by atoms with Crippen LogP contribution in [0.4, 0.5) is 8.78 Å². The van der Waals surface area contributed by atoms with Crippen molar-refractivity contribution in [3.8, 4) is 6.07 Å². The number of rotatable bonds is 5. The third-order valence-corrected chi connectivity index (χ3v) is 3.63. The van der Waals surface area contributed by atoms with Crippen LogP contribution in [0.15, 0.2) is 12.1 Å². The van der Waals surface area contributed by atoms with Crippen LogP contribution in [-0.4, -0.2) is 13.2 Å². The zero-order valence-corrected chi connectivity index (χ0v) is 12.1. The molecule has 1 heterocycles. The molecule has 5 heteroatoms. The van der Waals surface area contributed by atoms with Gasteiger partial charge in [-0.25, -0.2) is 8.78 Å². The van der Waals surface area contributed by atoms with Gasteiger partial charge in [0.2, 0.25) is 0 Å². The Morgan fingerprint density at radius 3 is 2.33 bits per heavy atom. The SMILES string of the molecule is CCCCCC1COC(c2cc(F)c(C#N)c(F)c2)OC1. The van der Waals surface area contributed by atoms with Gasteiger partial charge in [0.15, 0.2) is 6.29 Å². The van der Waals surface area contributed by atoms with E-state index >= 15 is 0 Å². The average Bonchev–Trinajstić information content (AvgIpc) is 2.48. The maximum absolute atomic E-state index is 13.6. The van der Waals surface area contributed by atoms with Gasteiger partial charge in [0.1, 0.15) is 23.3 Å². The maximum atomic E-state index is 13.6. The molecule has 0 amide bonds. The van der Waals surface area contributed by atoms with Crippen LogP contribution in [-0.2, 0) is 9.47 Å². The summed E-state index contributed by atoms with van der Waals surface area (Å²) in [7, 11) is 0. The van der Waals surface area contributed by atoms with E-state index in [0.717, 1.165) is 25.0 Å². The topological polar surface area (TPSA) is 42.2 Å². The molecule has 1 aromatic rings. The largest absolute Gasteiger partial charge is 0.348 e. The summed E-state index contributed by atoms with van der Waals surface area (Å²) in [5.41, 5.74) is -0.303. The summed E-state index contributed by atoms with van der Waals surface area (Å²) in [5.74, 6) is -1.43. The quantitative estimate of drug-likeness (QED) is 0.769. The predicted octanol–water partition coefficient (Wildman–Crippen LogP) is 4.08. The van der Waals surface area contributed by atoms with Crippen molar-refractivity contribution in [1.82, 2.24) is 0 Å². The van der Waals surface area contributed by atoms with Gasteiger partial charge in [-0.15, -0.1) is 0 Å². The highest BCUT2D eigenvalue weighted by molar-refractivity contribution is 5.35. The molecule has 0 bridgehead atoms. The molecule has 0 aliphatic carbocycles. The molecule has 1 fully saturated rings. The van der Waals surface area contributed by atoms with Crippen molar-refractivity contribution in [3.05, 3.63) is 34.9 Å². The maximum Gasteiger partial charge on any atom is 0.184 e. The smallest absolute Gasteiger partial charge is 0.184 e. The van der Waals surface area contributed by atoms with Crippen LogP contribution in [0.1, 0.15) is 50.0 Å². The molecule has 0 spiro atoms. The molecule has 0 aromatic heterocycles. The number of halogens is 2. The molecule has 1 saturated heterocycles. The number of ether oxygens (including phenoxy) is 2. The van der Waals surface area contributed by atoms with Gasteiger partial charge in [-0.05, 0) is 18.6 Å². The Morgan fingerprint density at radius 1 is 1.19 bits per heavy atom. The van der Waals surface area contributed by atoms with Crippen molar-refractivity contribution in [2.75, 3.05) is 13.2 Å². The average molecular weight is 295 g/mol. The van der Waals surface area contributed by atoms with Crippen LogP contribution < -0.4 is 0 Å². The van der Waals surface area contributed by atoms with Crippen LogP contribution >= 0.6 is 0 Å². The fourth-order valence-electron chi connectivity index (χ4n) is 2.42. The minimum Gasteiger partial charge on any atom is -0.348 e. The lowest BCUT2D eigenvalue weighted by Crippen LogP contribution is -2.27. The first kappa shape index (κ1) is 15.9. The second-order valence-electron chi connectivity index (χ2n) is 5.33. The molecule has 3 nitrogen and oxygen atoms in total. The molecule has 0 unspecified atom stereocenters. The molecule has 1 aliphatic heterocycles. The van der Waals surface area contributed by atoms with Crippen molar-refractivity contribution in [2.45, 2.75) is 38.9 Å². The fraction of sp³-hybridized carbons (Fsp3) is 0.562. The molecule has 1 aliphatic rings. The van der Waals surface area contributed by atoms with Gasteiger partial charge in [0.05, 0.1) is 13.2 Å². The molecule has 1 aromatic carbocycles. The van der Waals surface area contributed by atoms with E-state index in [9.17, 15) is 8.78 Å². The minimum atomic E-state index is -0.884. The number of hydrogen-bond acceptors (Lipinski definition) is 3. The van der Waals surface area contributed by atoms with E-state index in [0.29, 0.717) is 19.1 Å². The van der Waals surface area contributed by atoms with Gasteiger partial charge < -0.3 is 9.47 Å². The lowest BCUT2D eigenvalue weighted by molar-refractivity contribution is -0.206. The van der Waals surface area contributed by atoms with Crippen molar-refractivity contribution in [2.24, 2.45) is 5.92 Å². The van der Waals surface area contributed by atoms with Crippen molar-refractivity contribution in [3.63, 3.8) is 0 Å². The Labute approximate surface area is 123 Å². The summed E-state index contributed by atoms with van der Waals surface area (Å²) in [4.78, 5) is 0. The van der Waals surface area contributed by atoms with Crippen molar-refractivity contribution >= 4 is 0 Å². The zero-order chi connectivity index (χ0) is 15.2. The van der Waals surface area contributed by atoms with E-state index < -0.39 is 23.5 Å². The Morgan fingerprint density at radius 2 is 1.81 bits per heavy atom. The van der Waals surface area contributed by atoms with E-state index in [4.69, 9.17) is 14.7 Å². The summed E-state index contributed by atoms with van der Waals surface area (Å²) in [6.07, 6.45) is 3.77. The van der Waals surface area contributed by atoms with Gasteiger partial charge in [-0.3, -0.25) is 0 Å². The lowest BCUT2D eigenvalue weighted by Gasteiger charge is -2.29. The number of benzene rings is 1. The van der Waals surface area contributed by atoms with Gasteiger partial charge in [-0.1, -0.05) is 26.2 Å². The second-order valence-corrected chi connectivity index (χ2v) is 5.33. The Bertz CT molecular complexity index is 496. The number of nitrogens with zero attached hydrogens (tertiary/aromatic N) is 1. The monoisotopic (exact) mass is 295 g/mol. The predicted molar refractivity (Wildman–Crippen MR) is 73.4 cm³/mol. The van der Waals surface area contributed by atoms with Crippen LogP contribution in [0.3, 0.4) is 0 Å². The van der Waals surface area contributed by atoms with E-state index in [1.807, 2.05) is 0 Å². The van der Waals surface area contributed by atoms with Crippen molar-refractivity contribution in [1.29, 1.82) is 5.26 Å². The van der Waals surface area contributed by atoms with Gasteiger partial charge in [0.25, 0.3) is 0 Å². The van der Waals surface area contributed by atoms with Crippen molar-refractivity contribution < 1.29 is 18.3 Å². The highest BCUT2D eigenvalue weighted by atomic mass is 19.1. The summed E-state index contributed by atoms with van der Waals surface area (Å²) in [6, 6.07) is 3.70. The van der Waals surface area contributed by atoms with Crippen LogP contribution in [0.25, 0.3) is 0 Å². The van der Waals surface area contributed by atoms with Gasteiger partial charge in [0, 0.05) is 11.5 Å². The molecule has 2 rings (SSSR count). The summed E-state index contributed by atoms with van der Waals surface area (Å²) < 4.78 is 38.3. The number of hydrogen-bond donors (Lipinski definition) is 0. The zero-order valence-electron chi connectivity index (χ0n) is 12.1. The summed E-state index contributed by atoms with van der Waals surface area (Å²) >= 11 is 0. The molecule has 21 heavy (non-hydrogen) atoms. The lowest BCUT2D eigenvalue weighted by atomic mass is 10.0. The number of unbranched alkanes of at least 4 members (excludes halogenated alkanes) is 2. The number of nitriles is 1. The summed E-state index contributed by atoms with van der Waals surface area (Å²) in [5, 5.41) is 8.65. The molecule has 0 atom stereocenters. The first-order valence-electron chi connectivity index (χ1n) is 7.28. The first-order valence-corrected chi connectivity index (χ1v) is 7.28. The second kappa shape index (κ2) is 7.48. The molecule has 0 radical (unpaired) electrons. The third kappa shape index (κ3) is 3.99. The van der Waals surface area contributed by atoms with E-state index in [-0.39, 0.29) is 5.56 Å². The van der Waals surface area contributed by atoms with Gasteiger partial charge >= 0.3 is 0 Å². The van der Waals surface area contributed by atoms with Crippen LogP contribution in [0.5, 0.6) is 0 Å². The first-order chi connectivity index (χ1) is 10.2. The highest BCUT2D eigenvalue weighted by Gasteiger charge is 2.25. The molecule has 114 valence electrons. The summed E-state index contributed by atoms with van der Waals surface area (Å²) in [6.45, 7) is 3.20. The van der Waals surface area contributed by atoms with Crippen LogP contribution in [0, 0.1) is 28.9 Å². The van der Waals surface area contributed by atoms with Crippen LogP contribution in [0.2, 0.25) is 0 Å². The Balaban J connectivity index is 1.95. The fourth-order valence-corrected chi connectivity index (χ4v) is 2.42. The third-order valence-electron chi connectivity index (χ3n) is 3.63. The molecular formula is C16H19F2NO2. The van der Waals surface area contributed by atoms with E-state index in [1.165, 1.54) is 18.9 Å². The highest BCUT2D eigenvalue weighted by Crippen LogP contribution is 2.29. The normalized spacial score (nSPS) is 22.0. The molecular weight excluding hydrogens is 276 g/mol. The Hall–Kier alpha value is -1.51. The van der Waals surface area contributed by atoms with Gasteiger partial charge in [-0.2, -0.15) is 5.26 Å². The minimum absolute atomic E-state index is 0.274. The van der Waals surface area contributed by atoms with E-state index in [1.54, 1.807) is 0 Å². The molecule has 0 N–H and O–H groups in total. The Kier molecular flexibility index (Phi) is 5.66. The molecule has 0 saturated carbocycles. The van der Waals surface area contributed by atoms with E-state index in [2.05, 4.69) is 6.92 Å². The standard InChI is InChI=1S/C16H19F2NO2/c1-2-3-4-5-11-9-20-16(21-10-11)12-6-14(17)13(8-19)15(18)7-12/h6-7,11,16H,2-5,9-10H2,1H3.